The molecule has 0 amide bonds. The first-order valence-electron chi connectivity index (χ1n) is 5.49. The summed E-state index contributed by atoms with van der Waals surface area (Å²) in [7, 11) is 0. The maximum absolute atomic E-state index is 11.8. The molecule has 3 heteroatoms. The second-order valence-corrected chi connectivity index (χ2v) is 4.42. The van der Waals surface area contributed by atoms with Gasteiger partial charge in [0.2, 0.25) is 0 Å². The maximum Gasteiger partial charge on any atom is 0.165 e. The highest BCUT2D eigenvalue weighted by Gasteiger charge is 2.11. The molecule has 0 unspecified atom stereocenters. The van der Waals surface area contributed by atoms with E-state index in [0.29, 0.717) is 5.56 Å². The van der Waals surface area contributed by atoms with E-state index in [9.17, 15) is 15.0 Å². The van der Waals surface area contributed by atoms with Gasteiger partial charge in [-0.15, -0.1) is 0 Å². The monoisotopic (exact) mass is 230 g/mol. The van der Waals surface area contributed by atoms with Gasteiger partial charge in [0, 0.05) is 11.5 Å². The van der Waals surface area contributed by atoms with Gasteiger partial charge < -0.3 is 10.2 Å². The summed E-state index contributed by atoms with van der Waals surface area (Å²) in [5, 5.41) is 20.3. The van der Waals surface area contributed by atoms with E-state index < -0.39 is 0 Å². The summed E-state index contributed by atoms with van der Waals surface area (Å²) in [5.41, 5.74) is 0.623. The van der Waals surface area contributed by atoms with Crippen molar-refractivity contribution in [2.45, 2.75) is 13.8 Å². The molecule has 88 valence electrons. The van der Waals surface area contributed by atoms with Gasteiger partial charge in [-0.25, -0.2) is 0 Å². The minimum atomic E-state index is -0.174. The fraction of sp³-hybridized carbons (Fsp3) is 0.214. The lowest BCUT2D eigenvalue weighted by molar-refractivity contribution is 0.0939. The van der Waals surface area contributed by atoms with Crippen LogP contribution < -0.4 is 0 Å². The topological polar surface area (TPSA) is 57.5 Å². The van der Waals surface area contributed by atoms with Crippen LogP contribution in [0, 0.1) is 5.92 Å². The van der Waals surface area contributed by atoms with Crippen LogP contribution in [-0.4, -0.2) is 16.0 Å². The molecule has 17 heavy (non-hydrogen) atoms. The van der Waals surface area contributed by atoms with Crippen molar-refractivity contribution in [1.82, 2.24) is 0 Å². The molecular formula is C14H14O3. The molecule has 0 aromatic heterocycles. The molecule has 0 saturated carbocycles. The van der Waals surface area contributed by atoms with Crippen LogP contribution >= 0.6 is 0 Å². The van der Waals surface area contributed by atoms with Gasteiger partial charge in [-0.2, -0.15) is 0 Å². The van der Waals surface area contributed by atoms with Crippen molar-refractivity contribution in [1.29, 1.82) is 0 Å². The first-order chi connectivity index (χ1) is 7.99. The molecule has 0 spiro atoms. The van der Waals surface area contributed by atoms with Gasteiger partial charge in [0.1, 0.15) is 0 Å². The van der Waals surface area contributed by atoms with Crippen LogP contribution in [0.5, 0.6) is 11.5 Å². The summed E-state index contributed by atoms with van der Waals surface area (Å²) in [4.78, 5) is 11.8. The van der Waals surface area contributed by atoms with Crippen LogP contribution in [-0.2, 0) is 0 Å². The lowest BCUT2D eigenvalue weighted by Gasteiger charge is -2.06. The predicted octanol–water partition coefficient (Wildman–Crippen LogP) is 3.09. The molecule has 2 aromatic carbocycles. The highest BCUT2D eigenvalue weighted by Crippen LogP contribution is 2.30. The van der Waals surface area contributed by atoms with Gasteiger partial charge in [0.25, 0.3) is 0 Å². The first-order valence-corrected chi connectivity index (χ1v) is 5.49. The molecule has 2 rings (SSSR count). The van der Waals surface area contributed by atoms with E-state index in [1.54, 1.807) is 18.2 Å². The van der Waals surface area contributed by atoms with Gasteiger partial charge >= 0.3 is 0 Å². The Kier molecular flexibility index (Phi) is 2.76. The van der Waals surface area contributed by atoms with Gasteiger partial charge in [0.15, 0.2) is 17.3 Å². The third kappa shape index (κ3) is 2.09. The average Bonchev–Trinajstić information content (AvgIpc) is 2.29. The fourth-order valence-electron chi connectivity index (χ4n) is 1.76. The van der Waals surface area contributed by atoms with E-state index >= 15 is 0 Å². The molecule has 0 bridgehead atoms. The number of aromatic hydroxyl groups is 2. The molecule has 0 heterocycles. The molecule has 0 fully saturated rings. The summed E-state index contributed by atoms with van der Waals surface area (Å²) in [6, 6.07) is 8.18. The van der Waals surface area contributed by atoms with E-state index in [1.165, 1.54) is 12.1 Å². The van der Waals surface area contributed by atoms with Crippen molar-refractivity contribution in [3.05, 3.63) is 35.9 Å². The molecule has 0 atom stereocenters. The van der Waals surface area contributed by atoms with Crippen molar-refractivity contribution < 1.29 is 15.0 Å². The van der Waals surface area contributed by atoms with E-state index in [4.69, 9.17) is 0 Å². The molecule has 2 aromatic rings. The highest BCUT2D eigenvalue weighted by molar-refractivity contribution is 6.01. The molecule has 0 radical (unpaired) electrons. The minimum absolute atomic E-state index is 0.0573. The Morgan fingerprint density at radius 2 is 1.59 bits per heavy atom. The summed E-state index contributed by atoms with van der Waals surface area (Å²) >= 11 is 0. The highest BCUT2D eigenvalue weighted by atomic mass is 16.3. The number of ketones is 1. The van der Waals surface area contributed by atoms with Gasteiger partial charge in [0.05, 0.1) is 0 Å². The zero-order valence-electron chi connectivity index (χ0n) is 9.77. The van der Waals surface area contributed by atoms with Crippen molar-refractivity contribution >= 4 is 16.6 Å². The Labute approximate surface area is 99.3 Å². The van der Waals surface area contributed by atoms with E-state index in [-0.39, 0.29) is 23.2 Å². The lowest BCUT2D eigenvalue weighted by Crippen LogP contribution is -2.06. The van der Waals surface area contributed by atoms with Crippen molar-refractivity contribution in [3.8, 4) is 11.5 Å². The van der Waals surface area contributed by atoms with Crippen LogP contribution in [0.25, 0.3) is 10.8 Å². The van der Waals surface area contributed by atoms with Gasteiger partial charge in [-0.05, 0) is 29.0 Å². The summed E-state index contributed by atoms with van der Waals surface area (Å²) in [6.07, 6.45) is 0. The Balaban J connectivity index is 2.58. The molecule has 0 aliphatic heterocycles. The van der Waals surface area contributed by atoms with E-state index in [1.807, 2.05) is 13.8 Å². The standard InChI is InChI=1S/C14H14O3/c1-8(2)14(17)10-4-3-9-6-12(15)13(16)7-11(9)5-10/h3-8,15-16H,1-2H3. The van der Waals surface area contributed by atoms with Gasteiger partial charge in [-0.1, -0.05) is 26.0 Å². The minimum Gasteiger partial charge on any atom is -0.504 e. The Hall–Kier alpha value is -2.03. The van der Waals surface area contributed by atoms with Crippen molar-refractivity contribution in [2.24, 2.45) is 5.92 Å². The number of phenols is 2. The van der Waals surface area contributed by atoms with Gasteiger partial charge in [-0.3, -0.25) is 4.79 Å². The van der Waals surface area contributed by atoms with Crippen LogP contribution in [0.4, 0.5) is 0 Å². The third-order valence-electron chi connectivity index (χ3n) is 2.74. The average molecular weight is 230 g/mol. The quantitative estimate of drug-likeness (QED) is 0.615. The summed E-state index contributed by atoms with van der Waals surface area (Å²) < 4.78 is 0. The molecular weight excluding hydrogens is 216 g/mol. The second kappa shape index (κ2) is 4.09. The number of benzene rings is 2. The lowest BCUT2D eigenvalue weighted by atomic mass is 9.98. The summed E-state index contributed by atoms with van der Waals surface area (Å²) in [6.45, 7) is 3.70. The number of phenolic OH excluding ortho intramolecular Hbond substituents is 2. The summed E-state index contributed by atoms with van der Waals surface area (Å²) in [5.74, 6) is -0.315. The maximum atomic E-state index is 11.8. The predicted molar refractivity (Wildman–Crippen MR) is 66.4 cm³/mol. The molecule has 0 aliphatic carbocycles. The number of hydrogen-bond donors (Lipinski definition) is 2. The van der Waals surface area contributed by atoms with Crippen molar-refractivity contribution in [2.75, 3.05) is 0 Å². The smallest absolute Gasteiger partial charge is 0.165 e. The number of fused-ring (bicyclic) bond motifs is 1. The van der Waals surface area contributed by atoms with Crippen LogP contribution in [0.2, 0.25) is 0 Å². The van der Waals surface area contributed by atoms with Crippen LogP contribution in [0.3, 0.4) is 0 Å². The number of carbonyl (C=O) groups excluding carboxylic acids is 1. The van der Waals surface area contributed by atoms with Crippen LogP contribution in [0.1, 0.15) is 24.2 Å². The molecule has 3 nitrogen and oxygen atoms in total. The zero-order chi connectivity index (χ0) is 12.6. The third-order valence-corrected chi connectivity index (χ3v) is 2.74. The molecule has 2 N–H and O–H groups in total. The number of Topliss-reactive ketones (excluding diaryl/α,β-unsaturated/α-hetero) is 1. The number of rotatable bonds is 2. The Bertz CT molecular complexity index is 585. The second-order valence-electron chi connectivity index (χ2n) is 4.42. The molecule has 0 saturated heterocycles. The number of carbonyl (C=O) groups is 1. The molecule has 0 aliphatic rings. The van der Waals surface area contributed by atoms with E-state index in [2.05, 4.69) is 0 Å². The number of hydrogen-bond acceptors (Lipinski definition) is 3. The Morgan fingerprint density at radius 1 is 1.00 bits per heavy atom. The first kappa shape index (κ1) is 11.5. The van der Waals surface area contributed by atoms with E-state index in [0.717, 1.165) is 10.8 Å². The Morgan fingerprint density at radius 3 is 2.18 bits per heavy atom. The normalized spacial score (nSPS) is 11.0. The van der Waals surface area contributed by atoms with Crippen LogP contribution in [0.15, 0.2) is 30.3 Å². The SMILES string of the molecule is CC(C)C(=O)c1ccc2cc(O)c(O)cc2c1. The fourth-order valence-corrected chi connectivity index (χ4v) is 1.76. The zero-order valence-corrected chi connectivity index (χ0v) is 9.77. The largest absolute Gasteiger partial charge is 0.504 e. The van der Waals surface area contributed by atoms with Crippen molar-refractivity contribution in [3.63, 3.8) is 0 Å².